The van der Waals surface area contributed by atoms with Gasteiger partial charge < -0.3 is 5.32 Å². The van der Waals surface area contributed by atoms with Crippen LogP contribution in [0.15, 0.2) is 0 Å². The summed E-state index contributed by atoms with van der Waals surface area (Å²) < 4.78 is 0. The van der Waals surface area contributed by atoms with Crippen molar-refractivity contribution in [2.45, 2.75) is 57.5 Å². The molecule has 3 heteroatoms. The number of hydrogen-bond donors (Lipinski definition) is 1. The Labute approximate surface area is 113 Å². The van der Waals surface area contributed by atoms with E-state index in [-0.39, 0.29) is 0 Å². The van der Waals surface area contributed by atoms with Gasteiger partial charge in [-0.3, -0.25) is 9.80 Å². The van der Waals surface area contributed by atoms with Gasteiger partial charge in [0.2, 0.25) is 0 Å². The highest BCUT2D eigenvalue weighted by Gasteiger charge is 2.31. The highest BCUT2D eigenvalue weighted by Crippen LogP contribution is 2.22. The van der Waals surface area contributed by atoms with Crippen LogP contribution in [-0.2, 0) is 0 Å². The van der Waals surface area contributed by atoms with Crippen molar-refractivity contribution in [3.05, 3.63) is 0 Å². The number of likely N-dealkylation sites (N-methyl/N-ethyl adjacent to an activating group) is 1. The fourth-order valence-electron chi connectivity index (χ4n) is 3.66. The van der Waals surface area contributed by atoms with E-state index in [0.717, 1.165) is 18.6 Å². The van der Waals surface area contributed by atoms with Crippen LogP contribution in [0.1, 0.15) is 45.4 Å². The maximum Gasteiger partial charge on any atom is 0.0235 e. The Morgan fingerprint density at radius 2 is 1.94 bits per heavy atom. The van der Waals surface area contributed by atoms with Gasteiger partial charge in [0.1, 0.15) is 0 Å². The molecule has 0 bridgehead atoms. The van der Waals surface area contributed by atoms with Crippen molar-refractivity contribution in [2.24, 2.45) is 0 Å². The lowest BCUT2D eigenvalue weighted by atomic mass is 10.1. The van der Waals surface area contributed by atoms with E-state index in [2.05, 4.69) is 29.1 Å². The molecule has 0 aromatic carbocycles. The minimum Gasteiger partial charge on any atom is -0.318 e. The highest BCUT2D eigenvalue weighted by molar-refractivity contribution is 4.88. The fraction of sp³-hybridized carbons (Fsp3) is 1.00. The van der Waals surface area contributed by atoms with E-state index in [4.69, 9.17) is 0 Å². The van der Waals surface area contributed by atoms with Crippen LogP contribution in [0.3, 0.4) is 0 Å². The maximum absolute atomic E-state index is 3.37. The van der Waals surface area contributed by atoms with Gasteiger partial charge in [0.05, 0.1) is 0 Å². The quantitative estimate of drug-likeness (QED) is 0.780. The molecule has 1 N–H and O–H groups in total. The minimum absolute atomic E-state index is 0.759. The minimum atomic E-state index is 0.759. The van der Waals surface area contributed by atoms with Gasteiger partial charge >= 0.3 is 0 Å². The predicted octanol–water partition coefficient (Wildman–Crippen LogP) is 1.93. The van der Waals surface area contributed by atoms with Gasteiger partial charge in [0, 0.05) is 31.7 Å². The Morgan fingerprint density at radius 1 is 1.17 bits per heavy atom. The molecule has 2 fully saturated rings. The first-order valence-corrected chi connectivity index (χ1v) is 7.97. The SMILES string of the molecule is CCCC(CNC)N1CCC(N2CCCCC2)C1. The van der Waals surface area contributed by atoms with E-state index in [1.54, 1.807) is 0 Å². The smallest absolute Gasteiger partial charge is 0.0235 e. The summed E-state index contributed by atoms with van der Waals surface area (Å²) >= 11 is 0. The van der Waals surface area contributed by atoms with Crippen molar-refractivity contribution in [1.29, 1.82) is 0 Å². The number of nitrogens with zero attached hydrogens (tertiary/aromatic N) is 2. The van der Waals surface area contributed by atoms with E-state index < -0.39 is 0 Å². The predicted molar refractivity (Wildman–Crippen MR) is 78.0 cm³/mol. The average molecular weight is 253 g/mol. The lowest BCUT2D eigenvalue weighted by Gasteiger charge is -2.33. The van der Waals surface area contributed by atoms with Crippen LogP contribution in [0.2, 0.25) is 0 Å². The molecule has 0 aromatic heterocycles. The third kappa shape index (κ3) is 3.69. The van der Waals surface area contributed by atoms with Crippen LogP contribution in [0.5, 0.6) is 0 Å². The molecule has 2 rings (SSSR count). The molecule has 2 atom stereocenters. The molecular weight excluding hydrogens is 222 g/mol. The Morgan fingerprint density at radius 3 is 2.61 bits per heavy atom. The first kappa shape index (κ1) is 14.3. The zero-order valence-electron chi connectivity index (χ0n) is 12.3. The molecule has 0 radical (unpaired) electrons. The topological polar surface area (TPSA) is 18.5 Å². The second-order valence-corrected chi connectivity index (χ2v) is 6.03. The summed E-state index contributed by atoms with van der Waals surface area (Å²) in [5.74, 6) is 0. The van der Waals surface area contributed by atoms with Crippen molar-refractivity contribution in [3.63, 3.8) is 0 Å². The molecule has 0 saturated carbocycles. The Bertz CT molecular complexity index is 220. The maximum atomic E-state index is 3.37. The Hall–Kier alpha value is -0.120. The lowest BCUT2D eigenvalue weighted by Crippen LogP contribution is -2.44. The zero-order valence-corrected chi connectivity index (χ0v) is 12.3. The van der Waals surface area contributed by atoms with Crippen molar-refractivity contribution in [2.75, 3.05) is 39.8 Å². The van der Waals surface area contributed by atoms with Gasteiger partial charge in [-0.25, -0.2) is 0 Å². The lowest BCUT2D eigenvalue weighted by molar-refractivity contribution is 0.149. The highest BCUT2D eigenvalue weighted by atomic mass is 15.3. The molecule has 2 aliphatic rings. The molecule has 2 unspecified atom stereocenters. The second kappa shape index (κ2) is 7.46. The van der Waals surface area contributed by atoms with E-state index >= 15 is 0 Å². The number of hydrogen-bond acceptors (Lipinski definition) is 3. The first-order valence-electron chi connectivity index (χ1n) is 7.97. The third-order valence-corrected chi connectivity index (χ3v) is 4.68. The third-order valence-electron chi connectivity index (χ3n) is 4.68. The molecule has 0 aliphatic carbocycles. The molecule has 18 heavy (non-hydrogen) atoms. The summed E-state index contributed by atoms with van der Waals surface area (Å²) in [5.41, 5.74) is 0. The van der Waals surface area contributed by atoms with Gasteiger partial charge in [0.25, 0.3) is 0 Å². The van der Waals surface area contributed by atoms with Crippen LogP contribution in [0, 0.1) is 0 Å². The number of nitrogens with one attached hydrogen (secondary N) is 1. The fourth-order valence-corrected chi connectivity index (χ4v) is 3.66. The van der Waals surface area contributed by atoms with Crippen molar-refractivity contribution in [3.8, 4) is 0 Å². The Kier molecular flexibility index (Phi) is 5.93. The van der Waals surface area contributed by atoms with Crippen molar-refractivity contribution >= 4 is 0 Å². The van der Waals surface area contributed by atoms with Gasteiger partial charge in [-0.1, -0.05) is 19.8 Å². The standard InChI is InChI=1S/C15H31N3/c1-3-7-14(12-16-2)18-11-8-15(13-18)17-9-5-4-6-10-17/h14-16H,3-13H2,1-2H3. The molecule has 0 amide bonds. The van der Waals surface area contributed by atoms with E-state index in [1.165, 1.54) is 64.7 Å². The van der Waals surface area contributed by atoms with Crippen LogP contribution >= 0.6 is 0 Å². The van der Waals surface area contributed by atoms with E-state index in [9.17, 15) is 0 Å². The summed E-state index contributed by atoms with van der Waals surface area (Å²) in [7, 11) is 2.08. The normalized spacial score (nSPS) is 28.7. The van der Waals surface area contributed by atoms with Gasteiger partial charge in [-0.2, -0.15) is 0 Å². The van der Waals surface area contributed by atoms with E-state index in [0.29, 0.717) is 0 Å². The average Bonchev–Trinajstić information content (AvgIpc) is 2.89. The number of piperidine rings is 1. The van der Waals surface area contributed by atoms with Crippen LogP contribution in [0.4, 0.5) is 0 Å². The van der Waals surface area contributed by atoms with Gasteiger partial charge in [-0.15, -0.1) is 0 Å². The summed E-state index contributed by atoms with van der Waals surface area (Å²) in [6.45, 7) is 8.78. The Balaban J connectivity index is 1.81. The van der Waals surface area contributed by atoms with Gasteiger partial charge in [0.15, 0.2) is 0 Å². The molecule has 2 aliphatic heterocycles. The molecule has 106 valence electrons. The monoisotopic (exact) mass is 253 g/mol. The number of rotatable bonds is 6. The number of likely N-dealkylation sites (tertiary alicyclic amines) is 2. The summed E-state index contributed by atoms with van der Waals surface area (Å²) in [5, 5.41) is 3.37. The van der Waals surface area contributed by atoms with Crippen LogP contribution in [0.25, 0.3) is 0 Å². The molecule has 3 nitrogen and oxygen atoms in total. The van der Waals surface area contributed by atoms with Crippen LogP contribution in [-0.4, -0.2) is 61.7 Å². The first-order chi connectivity index (χ1) is 8.85. The van der Waals surface area contributed by atoms with Crippen molar-refractivity contribution in [1.82, 2.24) is 15.1 Å². The molecule has 0 aromatic rings. The summed E-state index contributed by atoms with van der Waals surface area (Å²) in [6, 6.07) is 1.61. The molecule has 2 saturated heterocycles. The molecule has 0 spiro atoms. The largest absolute Gasteiger partial charge is 0.318 e. The molecular formula is C15H31N3. The molecule has 2 heterocycles. The van der Waals surface area contributed by atoms with Crippen molar-refractivity contribution < 1.29 is 0 Å². The second-order valence-electron chi connectivity index (χ2n) is 6.03. The summed E-state index contributed by atoms with van der Waals surface area (Å²) in [4.78, 5) is 5.49. The zero-order chi connectivity index (χ0) is 12.8. The summed E-state index contributed by atoms with van der Waals surface area (Å²) in [6.07, 6.45) is 8.33. The van der Waals surface area contributed by atoms with Gasteiger partial charge in [-0.05, 0) is 45.8 Å². The van der Waals surface area contributed by atoms with Crippen LogP contribution < -0.4 is 5.32 Å². The van der Waals surface area contributed by atoms with E-state index in [1.807, 2.05) is 0 Å².